The Morgan fingerprint density at radius 3 is 2.59 bits per heavy atom. The summed E-state index contributed by atoms with van der Waals surface area (Å²) in [5.74, 6) is -0.836. The molecule has 1 aromatic carbocycles. The number of esters is 1. The highest BCUT2D eigenvalue weighted by Crippen LogP contribution is 2.36. The third-order valence-electron chi connectivity index (χ3n) is 4.05. The van der Waals surface area contributed by atoms with E-state index < -0.39 is 5.97 Å². The van der Waals surface area contributed by atoms with Crippen LogP contribution >= 0.6 is 27.3 Å². The molecule has 0 atom stereocenters. The van der Waals surface area contributed by atoms with Gasteiger partial charge >= 0.3 is 5.97 Å². The van der Waals surface area contributed by atoms with Crippen molar-refractivity contribution < 1.29 is 14.3 Å². The van der Waals surface area contributed by atoms with Gasteiger partial charge in [0, 0.05) is 27.8 Å². The number of hydrogen-bond donors (Lipinski definition) is 1. The molecule has 0 aliphatic carbocycles. The highest BCUT2D eigenvalue weighted by atomic mass is 79.9. The summed E-state index contributed by atoms with van der Waals surface area (Å²) in [7, 11) is 1.33. The first kappa shape index (κ1) is 19.3. The fourth-order valence-electron chi connectivity index (χ4n) is 2.60. The summed E-state index contributed by atoms with van der Waals surface area (Å²) in [6.45, 7) is 2.09. The first-order chi connectivity index (χ1) is 13.0. The summed E-state index contributed by atoms with van der Waals surface area (Å²) in [6.07, 6.45) is 4.01. The van der Waals surface area contributed by atoms with Crippen molar-refractivity contribution in [1.29, 1.82) is 0 Å². The van der Waals surface area contributed by atoms with E-state index in [9.17, 15) is 9.59 Å². The van der Waals surface area contributed by atoms with E-state index in [-0.39, 0.29) is 5.91 Å². The van der Waals surface area contributed by atoms with Crippen LogP contribution < -0.4 is 5.32 Å². The average molecular weight is 445 g/mol. The lowest BCUT2D eigenvalue weighted by atomic mass is 10.0. The molecular formula is C20H17BrN2O3S. The van der Waals surface area contributed by atoms with Crippen molar-refractivity contribution in [2.45, 2.75) is 13.3 Å². The molecule has 1 amide bonds. The largest absolute Gasteiger partial charge is 0.465 e. The molecule has 0 spiro atoms. The first-order valence-corrected chi connectivity index (χ1v) is 9.91. The molecule has 0 radical (unpaired) electrons. The van der Waals surface area contributed by atoms with E-state index in [1.165, 1.54) is 30.2 Å². The Morgan fingerprint density at radius 1 is 1.22 bits per heavy atom. The first-order valence-electron chi connectivity index (χ1n) is 8.24. The number of nitrogens with zero attached hydrogens (tertiary/aromatic N) is 1. The van der Waals surface area contributed by atoms with Gasteiger partial charge < -0.3 is 10.1 Å². The van der Waals surface area contributed by atoms with Crippen LogP contribution in [0.3, 0.4) is 0 Å². The number of aromatic nitrogens is 1. The molecule has 0 saturated carbocycles. The number of carbonyl (C=O) groups excluding carboxylic acids is 2. The Labute approximate surface area is 169 Å². The van der Waals surface area contributed by atoms with Gasteiger partial charge in [0.15, 0.2) is 0 Å². The van der Waals surface area contributed by atoms with Crippen LogP contribution in [-0.2, 0) is 11.2 Å². The summed E-state index contributed by atoms with van der Waals surface area (Å²) in [5.41, 5.74) is 3.58. The lowest BCUT2D eigenvalue weighted by Crippen LogP contribution is -2.14. The van der Waals surface area contributed by atoms with Crippen LogP contribution in [0.25, 0.3) is 11.1 Å². The predicted octanol–water partition coefficient (Wildman–Crippen LogP) is 5.17. The van der Waals surface area contributed by atoms with Crippen molar-refractivity contribution >= 4 is 44.1 Å². The fraction of sp³-hybridized carbons (Fsp3) is 0.150. The van der Waals surface area contributed by atoms with Crippen molar-refractivity contribution in [2.24, 2.45) is 0 Å². The second-order valence-electron chi connectivity index (χ2n) is 5.74. The van der Waals surface area contributed by atoms with E-state index in [0.29, 0.717) is 20.6 Å². The van der Waals surface area contributed by atoms with Gasteiger partial charge in [-0.1, -0.05) is 31.2 Å². The van der Waals surface area contributed by atoms with Gasteiger partial charge in [-0.2, -0.15) is 0 Å². The third-order valence-corrected chi connectivity index (χ3v) is 5.38. The predicted molar refractivity (Wildman–Crippen MR) is 110 cm³/mol. The number of nitrogens with one attached hydrogen (secondary N) is 1. The van der Waals surface area contributed by atoms with Crippen LogP contribution in [0.2, 0.25) is 0 Å². The Bertz CT molecular complexity index is 983. The van der Waals surface area contributed by atoms with Gasteiger partial charge in [-0.3, -0.25) is 9.78 Å². The minimum Gasteiger partial charge on any atom is -0.465 e. The molecule has 0 aliphatic rings. The maximum atomic E-state index is 12.5. The van der Waals surface area contributed by atoms with Gasteiger partial charge in [0.1, 0.15) is 10.6 Å². The second-order valence-corrected chi connectivity index (χ2v) is 7.54. The number of anilines is 1. The highest BCUT2D eigenvalue weighted by molar-refractivity contribution is 9.10. The zero-order valence-electron chi connectivity index (χ0n) is 14.8. The number of benzene rings is 1. The van der Waals surface area contributed by atoms with Crippen LogP contribution in [0.15, 0.2) is 52.6 Å². The summed E-state index contributed by atoms with van der Waals surface area (Å²) in [6, 6.07) is 9.66. The maximum absolute atomic E-state index is 12.5. The van der Waals surface area contributed by atoms with Gasteiger partial charge in [-0.25, -0.2) is 4.79 Å². The molecular weight excluding hydrogens is 428 g/mol. The van der Waals surface area contributed by atoms with E-state index in [1.54, 1.807) is 12.3 Å². The number of aryl methyl sites for hydroxylation is 1. The van der Waals surface area contributed by atoms with Crippen LogP contribution in [0.1, 0.15) is 33.2 Å². The lowest BCUT2D eigenvalue weighted by Gasteiger charge is -2.08. The summed E-state index contributed by atoms with van der Waals surface area (Å²) in [4.78, 5) is 28.9. The molecule has 27 heavy (non-hydrogen) atoms. The molecule has 0 bridgehead atoms. The van der Waals surface area contributed by atoms with Gasteiger partial charge in [0.05, 0.1) is 12.7 Å². The molecule has 138 valence electrons. The monoisotopic (exact) mass is 444 g/mol. The molecule has 0 aliphatic heterocycles. The third kappa shape index (κ3) is 4.26. The smallest absolute Gasteiger partial charge is 0.341 e. The number of hydrogen-bond acceptors (Lipinski definition) is 5. The Balaban J connectivity index is 1.97. The van der Waals surface area contributed by atoms with Gasteiger partial charge in [-0.05, 0) is 39.5 Å². The van der Waals surface area contributed by atoms with Gasteiger partial charge in [-0.15, -0.1) is 11.3 Å². The number of methoxy groups -OCH3 is 1. The van der Waals surface area contributed by atoms with Crippen LogP contribution in [-0.4, -0.2) is 24.0 Å². The topological polar surface area (TPSA) is 68.3 Å². The van der Waals surface area contributed by atoms with Crippen molar-refractivity contribution in [3.63, 3.8) is 0 Å². The fourth-order valence-corrected chi connectivity index (χ4v) is 3.92. The molecule has 2 heterocycles. The maximum Gasteiger partial charge on any atom is 0.341 e. The number of halogens is 1. The molecule has 2 aromatic heterocycles. The van der Waals surface area contributed by atoms with E-state index in [1.807, 2.05) is 29.6 Å². The number of amides is 1. The minimum absolute atomic E-state index is 0.344. The Morgan fingerprint density at radius 2 is 1.96 bits per heavy atom. The molecule has 1 N–H and O–H groups in total. The molecule has 3 rings (SSSR count). The zero-order valence-corrected chi connectivity index (χ0v) is 17.2. The minimum atomic E-state index is -0.492. The van der Waals surface area contributed by atoms with Gasteiger partial charge in [0.25, 0.3) is 5.91 Å². The molecule has 5 nitrogen and oxygen atoms in total. The number of pyridine rings is 1. The van der Waals surface area contributed by atoms with Crippen molar-refractivity contribution in [1.82, 2.24) is 4.98 Å². The molecule has 7 heteroatoms. The second kappa shape index (κ2) is 8.45. The number of carbonyl (C=O) groups is 2. The van der Waals surface area contributed by atoms with Crippen molar-refractivity contribution in [3.8, 4) is 11.1 Å². The lowest BCUT2D eigenvalue weighted by molar-refractivity contribution is 0.0603. The average Bonchev–Trinajstić information content (AvgIpc) is 3.10. The molecule has 0 saturated heterocycles. The van der Waals surface area contributed by atoms with E-state index >= 15 is 0 Å². The summed E-state index contributed by atoms with van der Waals surface area (Å²) < 4.78 is 5.65. The highest BCUT2D eigenvalue weighted by Gasteiger charge is 2.22. The standard InChI is InChI=1S/C20H17BrN2O3S/c1-3-12-4-6-13(7-5-12)16-11-27-19(17(16)20(25)26-2)23-18(24)14-8-15(21)10-22-9-14/h4-11H,3H2,1-2H3,(H,23,24). The zero-order chi connectivity index (χ0) is 19.4. The van der Waals surface area contributed by atoms with Crippen molar-refractivity contribution in [2.75, 3.05) is 12.4 Å². The van der Waals surface area contributed by atoms with Crippen LogP contribution in [0.5, 0.6) is 0 Å². The molecule has 0 unspecified atom stereocenters. The van der Waals surface area contributed by atoms with Crippen LogP contribution in [0, 0.1) is 0 Å². The van der Waals surface area contributed by atoms with Crippen molar-refractivity contribution in [3.05, 3.63) is 69.3 Å². The molecule has 3 aromatic rings. The van der Waals surface area contributed by atoms with Crippen LogP contribution in [0.4, 0.5) is 5.00 Å². The van der Waals surface area contributed by atoms with Gasteiger partial charge in [0.2, 0.25) is 0 Å². The van der Waals surface area contributed by atoms with E-state index in [4.69, 9.17) is 4.74 Å². The Hall–Kier alpha value is -2.51. The SMILES string of the molecule is CCc1ccc(-c2csc(NC(=O)c3cncc(Br)c3)c2C(=O)OC)cc1. The normalized spacial score (nSPS) is 10.5. The van der Waals surface area contributed by atoms with E-state index in [2.05, 4.69) is 33.2 Å². The number of rotatable bonds is 5. The number of ether oxygens (including phenoxy) is 1. The Kier molecular flexibility index (Phi) is 6.03. The quantitative estimate of drug-likeness (QED) is 0.550. The summed E-state index contributed by atoms with van der Waals surface area (Å²) >= 11 is 4.58. The summed E-state index contributed by atoms with van der Waals surface area (Å²) in [5, 5.41) is 5.09. The number of thiophene rings is 1. The molecule has 0 fully saturated rings. The van der Waals surface area contributed by atoms with E-state index in [0.717, 1.165) is 17.5 Å².